The van der Waals surface area contributed by atoms with Crippen molar-refractivity contribution in [1.82, 2.24) is 9.80 Å². The zero-order valence-electron chi connectivity index (χ0n) is 18.9. The highest BCUT2D eigenvalue weighted by Crippen LogP contribution is 2.40. The van der Waals surface area contributed by atoms with Gasteiger partial charge in [-0.3, -0.25) is 4.90 Å². The standard InChI is InChI=1S/C23H31ClF3N3O3/c1-17(23(25,26)27)33-21(31)29-9-6-22(7-10-29)5-2-8-30(22)16-18-3-4-19(24)20(15-18)28-11-13-32-14-12-28/h3-4,15,17H,2,5-14,16H2,1H3. The molecule has 1 unspecified atom stereocenters. The third-order valence-corrected chi connectivity index (χ3v) is 7.49. The van der Waals surface area contributed by atoms with Crippen molar-refractivity contribution in [1.29, 1.82) is 0 Å². The minimum atomic E-state index is -4.55. The van der Waals surface area contributed by atoms with Gasteiger partial charge in [-0.15, -0.1) is 0 Å². The molecule has 3 aliphatic rings. The molecule has 0 aromatic heterocycles. The van der Waals surface area contributed by atoms with Crippen LogP contribution in [-0.4, -0.2) is 79.6 Å². The molecule has 0 saturated carbocycles. The van der Waals surface area contributed by atoms with Gasteiger partial charge < -0.3 is 19.3 Å². The van der Waals surface area contributed by atoms with Gasteiger partial charge in [-0.05, 0) is 56.8 Å². The Morgan fingerprint density at radius 2 is 1.85 bits per heavy atom. The van der Waals surface area contributed by atoms with Crippen LogP contribution in [0.1, 0.15) is 38.2 Å². The molecule has 0 N–H and O–H groups in total. The quantitative estimate of drug-likeness (QED) is 0.613. The molecule has 1 spiro atoms. The maximum absolute atomic E-state index is 12.7. The molecular formula is C23H31ClF3N3O3. The highest BCUT2D eigenvalue weighted by Gasteiger charge is 2.45. The summed E-state index contributed by atoms with van der Waals surface area (Å²) < 4.78 is 48.3. The molecule has 4 rings (SSSR count). The van der Waals surface area contributed by atoms with E-state index in [1.54, 1.807) is 0 Å². The van der Waals surface area contributed by atoms with Crippen LogP contribution in [0.2, 0.25) is 5.02 Å². The molecular weight excluding hydrogens is 459 g/mol. The number of hydrogen-bond donors (Lipinski definition) is 0. The van der Waals surface area contributed by atoms with Gasteiger partial charge in [0.05, 0.1) is 23.9 Å². The Labute approximate surface area is 197 Å². The van der Waals surface area contributed by atoms with Gasteiger partial charge in [0.15, 0.2) is 6.10 Å². The number of nitrogens with zero attached hydrogens (tertiary/aromatic N) is 3. The van der Waals surface area contributed by atoms with Gasteiger partial charge in [0.1, 0.15) is 0 Å². The number of benzene rings is 1. The molecule has 6 nitrogen and oxygen atoms in total. The average molecular weight is 490 g/mol. The second kappa shape index (κ2) is 9.88. The van der Waals surface area contributed by atoms with Crippen molar-refractivity contribution in [3.05, 3.63) is 28.8 Å². The third kappa shape index (κ3) is 5.52. The smallest absolute Gasteiger partial charge is 0.425 e. The molecule has 33 heavy (non-hydrogen) atoms. The molecule has 0 aliphatic carbocycles. The number of morpholine rings is 1. The highest BCUT2D eigenvalue weighted by atomic mass is 35.5. The molecule has 10 heteroatoms. The van der Waals surface area contributed by atoms with E-state index in [9.17, 15) is 18.0 Å². The van der Waals surface area contributed by atoms with Crippen molar-refractivity contribution in [2.75, 3.05) is 50.8 Å². The second-order valence-corrected chi connectivity index (χ2v) is 9.60. The van der Waals surface area contributed by atoms with E-state index in [-0.39, 0.29) is 5.54 Å². The molecule has 3 aliphatic heterocycles. The number of carbonyl (C=O) groups is 1. The number of halogens is 4. The molecule has 3 fully saturated rings. The SMILES string of the molecule is CC(OC(=O)N1CCC2(CCCN2Cc2ccc(Cl)c(N3CCOCC3)c2)CC1)C(F)(F)F. The van der Waals surface area contributed by atoms with Gasteiger partial charge in [-0.1, -0.05) is 17.7 Å². The number of carbonyl (C=O) groups excluding carboxylic acids is 1. The first-order chi connectivity index (χ1) is 15.7. The molecule has 184 valence electrons. The Kier molecular flexibility index (Phi) is 7.31. The zero-order chi connectivity index (χ0) is 23.6. The van der Waals surface area contributed by atoms with Gasteiger partial charge in [-0.2, -0.15) is 13.2 Å². The number of hydrogen-bond acceptors (Lipinski definition) is 5. The lowest BCUT2D eigenvalue weighted by Gasteiger charge is -2.45. The molecule has 1 atom stereocenters. The van der Waals surface area contributed by atoms with Gasteiger partial charge in [0.25, 0.3) is 0 Å². The largest absolute Gasteiger partial charge is 0.437 e. The lowest BCUT2D eigenvalue weighted by Crippen LogP contribution is -2.53. The summed E-state index contributed by atoms with van der Waals surface area (Å²) in [5.41, 5.74) is 2.18. The summed E-state index contributed by atoms with van der Waals surface area (Å²) in [6.45, 7) is 6.42. The van der Waals surface area contributed by atoms with Crippen LogP contribution in [0.5, 0.6) is 0 Å². The minimum absolute atomic E-state index is 0.0365. The van der Waals surface area contributed by atoms with Crippen LogP contribution in [0.4, 0.5) is 23.7 Å². The molecule has 1 aromatic rings. The molecule has 1 aromatic carbocycles. The van der Waals surface area contributed by atoms with Crippen LogP contribution >= 0.6 is 11.6 Å². The Bertz CT molecular complexity index is 840. The Morgan fingerprint density at radius 1 is 1.15 bits per heavy atom. The Morgan fingerprint density at radius 3 is 2.52 bits per heavy atom. The van der Waals surface area contributed by atoms with E-state index in [0.717, 1.165) is 69.5 Å². The first-order valence-electron chi connectivity index (χ1n) is 11.6. The monoisotopic (exact) mass is 489 g/mol. The summed E-state index contributed by atoms with van der Waals surface area (Å²) in [6, 6.07) is 6.17. The number of rotatable bonds is 4. The van der Waals surface area contributed by atoms with Gasteiger partial charge >= 0.3 is 12.3 Å². The lowest BCUT2D eigenvalue weighted by atomic mass is 9.85. The fraction of sp³-hybridized carbons (Fsp3) is 0.696. The van der Waals surface area contributed by atoms with E-state index in [2.05, 4.69) is 26.7 Å². The topological polar surface area (TPSA) is 45.2 Å². The van der Waals surface area contributed by atoms with Gasteiger partial charge in [0, 0.05) is 38.3 Å². The second-order valence-electron chi connectivity index (χ2n) is 9.19. The summed E-state index contributed by atoms with van der Waals surface area (Å²) >= 11 is 6.48. The summed E-state index contributed by atoms with van der Waals surface area (Å²) in [7, 11) is 0. The van der Waals surface area contributed by atoms with E-state index < -0.39 is 18.4 Å². The first-order valence-corrected chi connectivity index (χ1v) is 11.9. The van der Waals surface area contributed by atoms with Crippen LogP contribution in [0, 0.1) is 0 Å². The van der Waals surface area contributed by atoms with Crippen molar-refractivity contribution in [3.63, 3.8) is 0 Å². The summed E-state index contributed by atoms with van der Waals surface area (Å²) in [4.78, 5) is 18.3. The maximum Gasteiger partial charge on any atom is 0.425 e. The van der Waals surface area contributed by atoms with Gasteiger partial charge in [0.2, 0.25) is 0 Å². The van der Waals surface area contributed by atoms with Crippen LogP contribution in [0.3, 0.4) is 0 Å². The first kappa shape index (κ1) is 24.4. The van der Waals surface area contributed by atoms with E-state index in [1.807, 2.05) is 6.07 Å². The van der Waals surface area contributed by atoms with Crippen molar-refractivity contribution in [3.8, 4) is 0 Å². The number of likely N-dealkylation sites (tertiary alicyclic amines) is 2. The predicted molar refractivity (Wildman–Crippen MR) is 120 cm³/mol. The van der Waals surface area contributed by atoms with E-state index in [1.165, 1.54) is 10.5 Å². The number of alkyl halides is 3. The van der Waals surface area contributed by atoms with Gasteiger partial charge in [-0.25, -0.2) is 4.79 Å². The van der Waals surface area contributed by atoms with E-state index >= 15 is 0 Å². The maximum atomic E-state index is 12.7. The summed E-state index contributed by atoms with van der Waals surface area (Å²) in [5.74, 6) is 0. The third-order valence-electron chi connectivity index (χ3n) is 7.17. The zero-order valence-corrected chi connectivity index (χ0v) is 19.6. The van der Waals surface area contributed by atoms with Crippen molar-refractivity contribution in [2.45, 2.75) is 57.0 Å². The fourth-order valence-electron chi connectivity index (χ4n) is 5.13. The minimum Gasteiger partial charge on any atom is -0.437 e. The average Bonchev–Trinajstić information content (AvgIpc) is 3.16. The van der Waals surface area contributed by atoms with Crippen LogP contribution < -0.4 is 4.90 Å². The van der Waals surface area contributed by atoms with E-state index in [4.69, 9.17) is 16.3 Å². The number of anilines is 1. The molecule has 3 heterocycles. The lowest BCUT2D eigenvalue weighted by molar-refractivity contribution is -0.200. The Balaban J connectivity index is 1.38. The normalized spacial score (nSPS) is 22.6. The molecule has 3 saturated heterocycles. The Hall–Kier alpha value is -1.71. The predicted octanol–water partition coefficient (Wildman–Crippen LogP) is 4.69. The van der Waals surface area contributed by atoms with Crippen LogP contribution in [0.15, 0.2) is 18.2 Å². The van der Waals surface area contributed by atoms with Crippen molar-refractivity contribution in [2.24, 2.45) is 0 Å². The highest BCUT2D eigenvalue weighted by molar-refractivity contribution is 6.33. The fourth-order valence-corrected chi connectivity index (χ4v) is 5.37. The molecule has 0 bridgehead atoms. The summed E-state index contributed by atoms with van der Waals surface area (Å²) in [5, 5.41) is 0.733. The number of ether oxygens (including phenoxy) is 2. The van der Waals surface area contributed by atoms with Crippen LogP contribution in [-0.2, 0) is 16.0 Å². The summed E-state index contributed by atoms with van der Waals surface area (Å²) in [6.07, 6.45) is -3.98. The molecule has 0 radical (unpaired) electrons. The van der Waals surface area contributed by atoms with Crippen molar-refractivity contribution >= 4 is 23.4 Å². The van der Waals surface area contributed by atoms with Crippen molar-refractivity contribution < 1.29 is 27.4 Å². The number of amides is 1. The molecule has 1 amide bonds. The van der Waals surface area contributed by atoms with E-state index in [0.29, 0.717) is 26.3 Å². The number of piperidine rings is 1. The van der Waals surface area contributed by atoms with Crippen LogP contribution in [0.25, 0.3) is 0 Å².